The number of ether oxygens (including phenoxy) is 1. The van der Waals surface area contributed by atoms with Gasteiger partial charge in [0.25, 0.3) is 0 Å². The second-order valence-corrected chi connectivity index (χ2v) is 6.83. The molecule has 112 valence electrons. The van der Waals surface area contributed by atoms with Crippen molar-refractivity contribution >= 4 is 12.0 Å². The van der Waals surface area contributed by atoms with E-state index in [1.54, 1.807) is 0 Å². The second-order valence-electron chi connectivity index (χ2n) is 6.83. The molecule has 4 nitrogen and oxygen atoms in total. The van der Waals surface area contributed by atoms with E-state index in [2.05, 4.69) is 6.07 Å². The molecule has 0 spiro atoms. The molecule has 0 aromatic heterocycles. The summed E-state index contributed by atoms with van der Waals surface area (Å²) in [6.07, 6.45) is 2.28. The summed E-state index contributed by atoms with van der Waals surface area (Å²) in [5, 5.41) is 0. The van der Waals surface area contributed by atoms with Gasteiger partial charge in [0.15, 0.2) is 0 Å². The van der Waals surface area contributed by atoms with Crippen LogP contribution in [0.25, 0.3) is 0 Å². The Labute approximate surface area is 125 Å². The molecule has 1 aromatic carbocycles. The normalized spacial score (nSPS) is 24.5. The number of aryl methyl sites for hydroxylation is 1. The van der Waals surface area contributed by atoms with Crippen LogP contribution in [0.2, 0.25) is 0 Å². The average Bonchev–Trinajstić information content (AvgIpc) is 2.54. The highest BCUT2D eigenvalue weighted by Gasteiger charge is 2.53. The number of hydrogen-bond acceptors (Lipinski definition) is 3. The van der Waals surface area contributed by atoms with Gasteiger partial charge in [0.1, 0.15) is 5.60 Å². The summed E-state index contributed by atoms with van der Waals surface area (Å²) in [5.41, 5.74) is 1.75. The minimum Gasteiger partial charge on any atom is -0.443 e. The standard InChI is InChI=1S/C17H21NO3/c1-17(2,3)21-16(20)18-14-12-9-5-4-7-11(12)8-6-10-13(14)15(18)19/h4-5,7,9,13-14H,6,8,10H2,1-3H3. The third-order valence-electron chi connectivity index (χ3n) is 4.14. The first-order chi connectivity index (χ1) is 9.88. The van der Waals surface area contributed by atoms with Gasteiger partial charge in [-0.2, -0.15) is 0 Å². The molecule has 1 aliphatic heterocycles. The van der Waals surface area contributed by atoms with Crippen molar-refractivity contribution in [2.75, 3.05) is 0 Å². The van der Waals surface area contributed by atoms with Crippen molar-refractivity contribution in [3.05, 3.63) is 35.4 Å². The summed E-state index contributed by atoms with van der Waals surface area (Å²) in [6.45, 7) is 5.44. The predicted molar refractivity (Wildman–Crippen MR) is 78.7 cm³/mol. The van der Waals surface area contributed by atoms with Crippen LogP contribution in [0.1, 0.15) is 50.8 Å². The van der Waals surface area contributed by atoms with Gasteiger partial charge in [0.2, 0.25) is 5.91 Å². The number of nitrogens with zero attached hydrogens (tertiary/aromatic N) is 1. The number of hydrogen-bond donors (Lipinski definition) is 0. The molecule has 21 heavy (non-hydrogen) atoms. The molecule has 0 saturated carbocycles. The fraction of sp³-hybridized carbons (Fsp3) is 0.529. The first-order valence-electron chi connectivity index (χ1n) is 7.52. The van der Waals surface area contributed by atoms with Gasteiger partial charge >= 0.3 is 6.09 Å². The Morgan fingerprint density at radius 1 is 1.29 bits per heavy atom. The molecule has 1 aromatic rings. The van der Waals surface area contributed by atoms with Gasteiger partial charge < -0.3 is 4.74 Å². The van der Waals surface area contributed by atoms with Crippen LogP contribution < -0.4 is 0 Å². The minimum absolute atomic E-state index is 0.0684. The maximum Gasteiger partial charge on any atom is 0.417 e. The highest BCUT2D eigenvalue weighted by molar-refractivity contribution is 6.00. The molecule has 0 radical (unpaired) electrons. The number of benzene rings is 1. The molecule has 3 rings (SSSR count). The zero-order valence-electron chi connectivity index (χ0n) is 12.8. The maximum absolute atomic E-state index is 12.3. The largest absolute Gasteiger partial charge is 0.443 e. The average molecular weight is 287 g/mol. The Kier molecular flexibility index (Phi) is 3.27. The molecule has 4 heteroatoms. The highest BCUT2D eigenvalue weighted by atomic mass is 16.6. The molecule has 2 atom stereocenters. The first-order valence-corrected chi connectivity index (χ1v) is 7.52. The van der Waals surface area contributed by atoms with Crippen LogP contribution in [0.3, 0.4) is 0 Å². The van der Waals surface area contributed by atoms with E-state index in [0.717, 1.165) is 24.8 Å². The zero-order valence-corrected chi connectivity index (χ0v) is 12.8. The third-order valence-corrected chi connectivity index (χ3v) is 4.14. The van der Waals surface area contributed by atoms with Crippen molar-refractivity contribution in [2.45, 2.75) is 51.7 Å². The van der Waals surface area contributed by atoms with E-state index < -0.39 is 11.7 Å². The molecule has 1 saturated heterocycles. The molecule has 2 amide bonds. The third kappa shape index (κ3) is 2.43. The van der Waals surface area contributed by atoms with Crippen molar-refractivity contribution in [1.29, 1.82) is 0 Å². The van der Waals surface area contributed by atoms with Gasteiger partial charge in [-0.15, -0.1) is 0 Å². The molecular weight excluding hydrogens is 266 g/mol. The summed E-state index contributed by atoms with van der Waals surface area (Å²) in [4.78, 5) is 25.9. The lowest BCUT2D eigenvalue weighted by molar-refractivity contribution is -0.154. The van der Waals surface area contributed by atoms with E-state index in [-0.39, 0.29) is 17.9 Å². The van der Waals surface area contributed by atoms with Crippen LogP contribution in [-0.2, 0) is 16.0 Å². The first kappa shape index (κ1) is 14.1. The monoisotopic (exact) mass is 287 g/mol. The summed E-state index contributed by atoms with van der Waals surface area (Å²) in [6, 6.07) is 7.95. The van der Waals surface area contributed by atoms with Crippen LogP contribution in [0.15, 0.2) is 24.3 Å². The molecule has 2 aliphatic rings. The summed E-state index contributed by atoms with van der Waals surface area (Å²) < 4.78 is 5.38. The lowest BCUT2D eigenvalue weighted by Crippen LogP contribution is -2.58. The maximum atomic E-state index is 12.3. The zero-order chi connectivity index (χ0) is 15.2. The van der Waals surface area contributed by atoms with Gasteiger partial charge in [0.05, 0.1) is 12.0 Å². The lowest BCUT2D eigenvalue weighted by Gasteiger charge is -2.45. The van der Waals surface area contributed by atoms with E-state index in [0.29, 0.717) is 0 Å². The van der Waals surface area contributed by atoms with E-state index in [9.17, 15) is 9.59 Å². The Bertz CT molecular complexity index is 588. The molecule has 0 N–H and O–H groups in total. The molecule has 1 fully saturated rings. The highest BCUT2D eigenvalue weighted by Crippen LogP contribution is 2.46. The SMILES string of the molecule is CC(C)(C)OC(=O)N1C(=O)C2CCCc3ccccc3C21. The van der Waals surface area contributed by atoms with Crippen molar-refractivity contribution in [3.63, 3.8) is 0 Å². The van der Waals surface area contributed by atoms with Crippen molar-refractivity contribution in [1.82, 2.24) is 4.90 Å². The number of carbonyl (C=O) groups excluding carboxylic acids is 2. The predicted octanol–water partition coefficient (Wildman–Crippen LogP) is 3.46. The molecule has 2 unspecified atom stereocenters. The quantitative estimate of drug-likeness (QED) is 0.686. The molecular formula is C17H21NO3. The number of fused-ring (bicyclic) bond motifs is 3. The number of carbonyl (C=O) groups is 2. The van der Waals surface area contributed by atoms with Crippen LogP contribution in [0.4, 0.5) is 4.79 Å². The number of rotatable bonds is 0. The van der Waals surface area contributed by atoms with Crippen molar-refractivity contribution in [3.8, 4) is 0 Å². The summed E-state index contributed by atoms with van der Waals surface area (Å²) in [7, 11) is 0. The number of β-lactam (4-membered cyclic amide) rings is 1. The Morgan fingerprint density at radius 3 is 2.71 bits per heavy atom. The second kappa shape index (κ2) is 4.86. The number of imide groups is 1. The Morgan fingerprint density at radius 2 is 2.00 bits per heavy atom. The fourth-order valence-electron chi connectivity index (χ4n) is 3.26. The number of amides is 2. The van der Waals surface area contributed by atoms with Gasteiger partial charge in [-0.1, -0.05) is 24.3 Å². The molecule has 1 heterocycles. The smallest absolute Gasteiger partial charge is 0.417 e. The van der Waals surface area contributed by atoms with Gasteiger partial charge in [-0.25, -0.2) is 9.69 Å². The molecule has 1 aliphatic carbocycles. The van der Waals surface area contributed by atoms with Crippen LogP contribution in [-0.4, -0.2) is 22.5 Å². The van der Waals surface area contributed by atoms with Gasteiger partial charge in [0, 0.05) is 0 Å². The van der Waals surface area contributed by atoms with Gasteiger partial charge in [-0.3, -0.25) is 4.79 Å². The van der Waals surface area contributed by atoms with Crippen molar-refractivity contribution < 1.29 is 14.3 Å². The van der Waals surface area contributed by atoms with Crippen LogP contribution in [0, 0.1) is 5.92 Å². The van der Waals surface area contributed by atoms with Crippen LogP contribution in [0.5, 0.6) is 0 Å². The van der Waals surface area contributed by atoms with E-state index >= 15 is 0 Å². The van der Waals surface area contributed by atoms with E-state index in [4.69, 9.17) is 4.74 Å². The fourth-order valence-corrected chi connectivity index (χ4v) is 3.26. The van der Waals surface area contributed by atoms with Gasteiger partial charge in [-0.05, 0) is 51.2 Å². The minimum atomic E-state index is -0.591. The van der Waals surface area contributed by atoms with E-state index in [1.165, 1.54) is 10.5 Å². The lowest BCUT2D eigenvalue weighted by atomic mass is 9.81. The Hall–Kier alpha value is -1.84. The van der Waals surface area contributed by atoms with Crippen LogP contribution >= 0.6 is 0 Å². The van der Waals surface area contributed by atoms with E-state index in [1.807, 2.05) is 39.0 Å². The topological polar surface area (TPSA) is 46.6 Å². The molecule has 0 bridgehead atoms. The Balaban J connectivity index is 1.91. The summed E-state index contributed by atoms with van der Waals surface area (Å²) >= 11 is 0. The number of likely N-dealkylation sites (tertiary alicyclic amines) is 1. The summed E-state index contributed by atoms with van der Waals surface area (Å²) in [5.74, 6) is -0.160. The van der Waals surface area contributed by atoms with Crippen molar-refractivity contribution in [2.24, 2.45) is 5.92 Å².